The summed E-state index contributed by atoms with van der Waals surface area (Å²) in [5.41, 5.74) is 1.10. The lowest BCUT2D eigenvalue weighted by Crippen LogP contribution is -2.24. The Labute approximate surface area is 130 Å². The van der Waals surface area contributed by atoms with Crippen molar-refractivity contribution in [1.29, 1.82) is 0 Å². The van der Waals surface area contributed by atoms with E-state index >= 15 is 0 Å². The Morgan fingerprint density at radius 3 is 2.24 bits per heavy atom. The minimum absolute atomic E-state index is 0.180. The number of hydrogen-bond acceptors (Lipinski definition) is 2. The molecule has 0 aromatic heterocycles. The van der Waals surface area contributed by atoms with Crippen LogP contribution in [0.2, 0.25) is 19.6 Å². The summed E-state index contributed by atoms with van der Waals surface area (Å²) in [5, 5.41) is 0. The Morgan fingerprint density at radius 1 is 1.10 bits per heavy atom. The second-order valence-electron chi connectivity index (χ2n) is 7.04. The van der Waals surface area contributed by atoms with Crippen LogP contribution in [0.5, 0.6) is 0 Å². The molecule has 0 atom stereocenters. The summed E-state index contributed by atoms with van der Waals surface area (Å²) in [6, 6.07) is 10.4. The molecule has 21 heavy (non-hydrogen) atoms. The van der Waals surface area contributed by atoms with Gasteiger partial charge < -0.3 is 9.16 Å². The van der Waals surface area contributed by atoms with Crippen molar-refractivity contribution in [3.63, 3.8) is 0 Å². The molecule has 1 rings (SSSR count). The van der Waals surface area contributed by atoms with Gasteiger partial charge in [-0.3, -0.25) is 0 Å². The van der Waals surface area contributed by atoms with Crippen LogP contribution in [-0.4, -0.2) is 13.9 Å². The predicted molar refractivity (Wildman–Crippen MR) is 92.6 cm³/mol. The molecule has 0 heterocycles. The van der Waals surface area contributed by atoms with E-state index < -0.39 is 8.32 Å². The second kappa shape index (κ2) is 7.50. The molecule has 0 radical (unpaired) electrons. The summed E-state index contributed by atoms with van der Waals surface area (Å²) in [6.07, 6.45) is 6.64. The Kier molecular flexibility index (Phi) is 6.28. The van der Waals surface area contributed by atoms with E-state index in [0.29, 0.717) is 0 Å². The molecule has 1 aromatic rings. The molecule has 0 bridgehead atoms. The molecule has 0 spiro atoms. The van der Waals surface area contributed by atoms with E-state index in [4.69, 9.17) is 9.16 Å². The highest BCUT2D eigenvalue weighted by Gasteiger charge is 2.16. The number of ether oxygens (including phenoxy) is 1. The van der Waals surface area contributed by atoms with Crippen molar-refractivity contribution in [2.75, 3.05) is 0 Å². The summed E-state index contributed by atoms with van der Waals surface area (Å²) >= 11 is 0. The van der Waals surface area contributed by atoms with Crippen molar-refractivity contribution < 1.29 is 9.16 Å². The van der Waals surface area contributed by atoms with Gasteiger partial charge >= 0.3 is 0 Å². The molecule has 3 heteroatoms. The lowest BCUT2D eigenvalue weighted by molar-refractivity contribution is 0.0763. The summed E-state index contributed by atoms with van der Waals surface area (Å²) in [6.45, 7) is 12.6. The Balaban J connectivity index is 2.77. The molecule has 0 unspecified atom stereocenters. The zero-order valence-corrected chi connectivity index (χ0v) is 15.1. The Bertz CT molecular complexity index is 476. The molecule has 0 aliphatic rings. The van der Waals surface area contributed by atoms with Crippen molar-refractivity contribution in [2.45, 2.75) is 52.4 Å². The fraction of sp³-hybridized carbons (Fsp3) is 0.444. The Morgan fingerprint density at radius 2 is 1.71 bits per heavy atom. The molecule has 2 nitrogen and oxygen atoms in total. The lowest BCUT2D eigenvalue weighted by atomic mass is 10.1. The van der Waals surface area contributed by atoms with Gasteiger partial charge in [0.05, 0.1) is 11.9 Å². The van der Waals surface area contributed by atoms with E-state index in [1.165, 1.54) is 5.56 Å². The zero-order chi connectivity index (χ0) is 15.9. The summed E-state index contributed by atoms with van der Waals surface area (Å²) in [4.78, 5) is 0. The zero-order valence-electron chi connectivity index (χ0n) is 14.1. The standard InChI is InChI=1S/C18H28O2Si/c1-18(2,3)19-15-14-17(20-21(4,5)6)13-12-16-10-8-7-9-11-16/h7-11,13-15H,12H2,1-6H3/b15-14+,17-13-. The molecule has 0 saturated heterocycles. The highest BCUT2D eigenvalue weighted by Crippen LogP contribution is 2.15. The molecule has 116 valence electrons. The number of allylic oxidation sites excluding steroid dienone is 2. The molecule has 0 N–H and O–H groups in total. The molecule has 0 aliphatic carbocycles. The molecule has 0 fully saturated rings. The SMILES string of the molecule is CC(C)(C)O/C=C/C(=C/Cc1ccccc1)O[Si](C)(C)C. The van der Waals surface area contributed by atoms with Crippen molar-refractivity contribution >= 4 is 8.32 Å². The second-order valence-corrected chi connectivity index (χ2v) is 11.5. The first kappa shape index (κ1) is 17.6. The van der Waals surface area contributed by atoms with E-state index in [0.717, 1.165) is 12.2 Å². The van der Waals surface area contributed by atoms with Crippen molar-refractivity contribution in [2.24, 2.45) is 0 Å². The average Bonchev–Trinajstić information content (AvgIpc) is 2.34. The molecule has 1 aromatic carbocycles. The van der Waals surface area contributed by atoms with Crippen LogP contribution in [0.25, 0.3) is 0 Å². The largest absolute Gasteiger partial charge is 0.544 e. The van der Waals surface area contributed by atoms with Crippen molar-refractivity contribution in [3.05, 3.63) is 60.1 Å². The average molecular weight is 305 g/mol. The Hall–Kier alpha value is -1.48. The first-order chi connectivity index (χ1) is 9.66. The smallest absolute Gasteiger partial charge is 0.242 e. The van der Waals surface area contributed by atoms with Crippen LogP contribution in [0.15, 0.2) is 54.5 Å². The van der Waals surface area contributed by atoms with E-state index in [1.54, 1.807) is 6.26 Å². The van der Waals surface area contributed by atoms with Crippen LogP contribution in [0, 0.1) is 0 Å². The summed E-state index contributed by atoms with van der Waals surface area (Å²) in [7, 11) is -1.63. The monoisotopic (exact) mass is 304 g/mol. The maximum atomic E-state index is 6.11. The highest BCUT2D eigenvalue weighted by molar-refractivity contribution is 6.70. The number of hydrogen-bond donors (Lipinski definition) is 0. The quantitative estimate of drug-likeness (QED) is 0.404. The van der Waals surface area contributed by atoms with E-state index in [1.807, 2.05) is 32.9 Å². The first-order valence-electron chi connectivity index (χ1n) is 7.43. The van der Waals surface area contributed by atoms with Gasteiger partial charge in [-0.2, -0.15) is 0 Å². The summed E-state index contributed by atoms with van der Waals surface area (Å²) < 4.78 is 11.7. The number of rotatable bonds is 6. The summed E-state index contributed by atoms with van der Waals surface area (Å²) in [5.74, 6) is 0.891. The van der Waals surface area contributed by atoms with Gasteiger partial charge in [0.2, 0.25) is 8.32 Å². The van der Waals surface area contributed by atoms with Gasteiger partial charge in [0.15, 0.2) is 0 Å². The third-order valence-corrected chi connectivity index (χ3v) is 3.31. The van der Waals surface area contributed by atoms with E-state index in [9.17, 15) is 0 Å². The van der Waals surface area contributed by atoms with Gasteiger partial charge in [-0.25, -0.2) is 0 Å². The van der Waals surface area contributed by atoms with Crippen LogP contribution in [-0.2, 0) is 15.6 Å². The van der Waals surface area contributed by atoms with E-state index in [-0.39, 0.29) is 5.60 Å². The van der Waals surface area contributed by atoms with Crippen LogP contribution >= 0.6 is 0 Å². The van der Waals surface area contributed by atoms with Gasteiger partial charge in [0, 0.05) is 6.08 Å². The van der Waals surface area contributed by atoms with Gasteiger partial charge in [-0.1, -0.05) is 30.3 Å². The predicted octanol–water partition coefficient (Wildman–Crippen LogP) is 5.29. The van der Waals surface area contributed by atoms with Gasteiger partial charge in [-0.15, -0.1) is 0 Å². The molecule has 0 amide bonds. The number of benzene rings is 1. The normalized spacial score (nSPS) is 13.5. The maximum absolute atomic E-state index is 6.11. The minimum Gasteiger partial charge on any atom is -0.544 e. The fourth-order valence-electron chi connectivity index (χ4n) is 1.64. The fourth-order valence-corrected chi connectivity index (χ4v) is 2.49. The molecular weight excluding hydrogens is 276 g/mol. The van der Waals surface area contributed by atoms with Gasteiger partial charge in [0.25, 0.3) is 0 Å². The molecule has 0 saturated carbocycles. The van der Waals surface area contributed by atoms with Crippen molar-refractivity contribution in [3.8, 4) is 0 Å². The molecule has 0 aliphatic heterocycles. The highest BCUT2D eigenvalue weighted by atomic mass is 28.4. The van der Waals surface area contributed by atoms with Crippen LogP contribution in [0.1, 0.15) is 26.3 Å². The topological polar surface area (TPSA) is 18.5 Å². The maximum Gasteiger partial charge on any atom is 0.242 e. The van der Waals surface area contributed by atoms with E-state index in [2.05, 4.69) is 50.0 Å². The van der Waals surface area contributed by atoms with Gasteiger partial charge in [-0.05, 0) is 58.5 Å². The lowest BCUT2D eigenvalue weighted by Gasteiger charge is -2.21. The third kappa shape index (κ3) is 9.13. The van der Waals surface area contributed by atoms with Crippen molar-refractivity contribution in [1.82, 2.24) is 0 Å². The third-order valence-electron chi connectivity index (χ3n) is 2.46. The van der Waals surface area contributed by atoms with Crippen LogP contribution < -0.4 is 0 Å². The van der Waals surface area contributed by atoms with Crippen LogP contribution in [0.4, 0.5) is 0 Å². The van der Waals surface area contributed by atoms with Crippen LogP contribution in [0.3, 0.4) is 0 Å². The first-order valence-corrected chi connectivity index (χ1v) is 10.8. The van der Waals surface area contributed by atoms with Gasteiger partial charge in [0.1, 0.15) is 5.76 Å². The molecular formula is C18H28O2Si. The minimum atomic E-state index is -1.63.